The number of alkyl halides is 2. The van der Waals surface area contributed by atoms with Gasteiger partial charge in [0.2, 0.25) is 6.23 Å². The zero-order valence-corrected chi connectivity index (χ0v) is 7.80. The van der Waals surface area contributed by atoms with E-state index in [0.717, 1.165) is 6.42 Å². The number of halogens is 2. The number of hydrogen-bond acceptors (Lipinski definition) is 3. The molecule has 13 heavy (non-hydrogen) atoms. The molecular weight excluding hydrogens is 180 g/mol. The molecule has 0 rings (SSSR count). The molecule has 2 N–H and O–H groups in total. The third-order valence-corrected chi connectivity index (χ3v) is 1.62. The van der Waals surface area contributed by atoms with Gasteiger partial charge in [-0.25, -0.2) is 8.78 Å². The Kier molecular flexibility index (Phi) is 5.53. The SMILES string of the molecule is CCCC(C)C(=O)OC(N)C(F)F. The Balaban J connectivity index is 3.85. The first kappa shape index (κ1) is 12.3. The van der Waals surface area contributed by atoms with E-state index in [9.17, 15) is 13.6 Å². The Hall–Kier alpha value is -0.710. The number of nitrogens with two attached hydrogens (primary N) is 1. The molecule has 0 saturated carbocycles. The van der Waals surface area contributed by atoms with Gasteiger partial charge in [0, 0.05) is 0 Å². The first-order valence-corrected chi connectivity index (χ1v) is 4.23. The maximum absolute atomic E-state index is 11.8. The van der Waals surface area contributed by atoms with E-state index in [1.807, 2.05) is 6.92 Å². The molecule has 0 heterocycles. The molecule has 0 aromatic carbocycles. The maximum atomic E-state index is 11.8. The van der Waals surface area contributed by atoms with Crippen LogP contribution in [0.2, 0.25) is 0 Å². The van der Waals surface area contributed by atoms with Gasteiger partial charge < -0.3 is 4.74 Å². The van der Waals surface area contributed by atoms with Crippen LogP contribution in [-0.4, -0.2) is 18.6 Å². The van der Waals surface area contributed by atoms with Crippen molar-refractivity contribution in [2.24, 2.45) is 11.7 Å². The number of carbonyl (C=O) groups excluding carboxylic acids is 1. The fourth-order valence-corrected chi connectivity index (χ4v) is 0.853. The Bertz CT molecular complexity index is 164. The molecule has 0 fully saturated rings. The lowest BCUT2D eigenvalue weighted by Gasteiger charge is -2.15. The van der Waals surface area contributed by atoms with Gasteiger partial charge >= 0.3 is 5.97 Å². The summed E-state index contributed by atoms with van der Waals surface area (Å²) in [5.74, 6) is -1.02. The predicted octanol–water partition coefficient (Wildman–Crippen LogP) is 1.52. The van der Waals surface area contributed by atoms with E-state index in [-0.39, 0.29) is 5.92 Å². The Labute approximate surface area is 76.2 Å². The van der Waals surface area contributed by atoms with E-state index >= 15 is 0 Å². The normalized spacial score (nSPS) is 15.5. The largest absolute Gasteiger partial charge is 0.440 e. The van der Waals surface area contributed by atoms with Gasteiger partial charge in [0.1, 0.15) is 0 Å². The van der Waals surface area contributed by atoms with Crippen molar-refractivity contribution in [3.8, 4) is 0 Å². The van der Waals surface area contributed by atoms with Crippen molar-refractivity contribution < 1.29 is 18.3 Å². The molecule has 3 nitrogen and oxygen atoms in total. The van der Waals surface area contributed by atoms with Crippen molar-refractivity contribution >= 4 is 5.97 Å². The highest BCUT2D eigenvalue weighted by Crippen LogP contribution is 2.09. The van der Waals surface area contributed by atoms with Crippen LogP contribution >= 0.6 is 0 Å². The Morgan fingerprint density at radius 1 is 1.54 bits per heavy atom. The fraction of sp³-hybridized carbons (Fsp3) is 0.875. The number of ether oxygens (including phenoxy) is 1. The summed E-state index contributed by atoms with van der Waals surface area (Å²) < 4.78 is 28.0. The van der Waals surface area contributed by atoms with E-state index in [0.29, 0.717) is 6.42 Å². The van der Waals surface area contributed by atoms with Gasteiger partial charge in [-0.2, -0.15) is 0 Å². The summed E-state index contributed by atoms with van der Waals surface area (Å²) in [6.45, 7) is 3.53. The highest BCUT2D eigenvalue weighted by Gasteiger charge is 2.22. The number of carbonyl (C=O) groups is 1. The highest BCUT2D eigenvalue weighted by atomic mass is 19.3. The first-order chi connectivity index (χ1) is 5.99. The zero-order valence-electron chi connectivity index (χ0n) is 7.80. The summed E-state index contributed by atoms with van der Waals surface area (Å²) in [6.07, 6.45) is -3.20. The van der Waals surface area contributed by atoms with Crippen LogP contribution in [0.3, 0.4) is 0 Å². The molecule has 0 saturated heterocycles. The number of esters is 1. The maximum Gasteiger partial charge on any atom is 0.310 e. The van der Waals surface area contributed by atoms with E-state index in [1.54, 1.807) is 6.92 Å². The predicted molar refractivity (Wildman–Crippen MR) is 44.1 cm³/mol. The summed E-state index contributed by atoms with van der Waals surface area (Å²) >= 11 is 0. The van der Waals surface area contributed by atoms with Crippen LogP contribution in [0.5, 0.6) is 0 Å². The summed E-state index contributed by atoms with van der Waals surface area (Å²) in [4.78, 5) is 11.0. The monoisotopic (exact) mass is 195 g/mol. The highest BCUT2D eigenvalue weighted by molar-refractivity contribution is 5.72. The fourth-order valence-electron chi connectivity index (χ4n) is 0.853. The smallest absolute Gasteiger partial charge is 0.310 e. The summed E-state index contributed by atoms with van der Waals surface area (Å²) in [5, 5.41) is 0. The van der Waals surface area contributed by atoms with Crippen molar-refractivity contribution in [1.29, 1.82) is 0 Å². The lowest BCUT2D eigenvalue weighted by molar-refractivity contribution is -0.161. The standard InChI is InChI=1S/C8H15F2NO2/c1-3-4-5(2)8(12)13-7(11)6(9)10/h5-7H,3-4,11H2,1-2H3. The minimum atomic E-state index is -2.82. The molecule has 0 aromatic heterocycles. The minimum absolute atomic E-state index is 0.366. The molecule has 78 valence electrons. The van der Waals surface area contributed by atoms with Crippen LogP contribution in [0.4, 0.5) is 8.78 Å². The van der Waals surface area contributed by atoms with E-state index in [2.05, 4.69) is 4.74 Å². The average Bonchev–Trinajstić information content (AvgIpc) is 2.04. The number of rotatable bonds is 5. The third-order valence-electron chi connectivity index (χ3n) is 1.62. The van der Waals surface area contributed by atoms with Crippen molar-refractivity contribution in [2.75, 3.05) is 0 Å². The molecule has 0 aliphatic carbocycles. The van der Waals surface area contributed by atoms with Crippen LogP contribution in [0.1, 0.15) is 26.7 Å². The second kappa shape index (κ2) is 5.85. The summed E-state index contributed by atoms with van der Waals surface area (Å²) in [7, 11) is 0. The van der Waals surface area contributed by atoms with Gasteiger partial charge in [0.25, 0.3) is 6.43 Å². The van der Waals surface area contributed by atoms with Crippen molar-refractivity contribution in [3.63, 3.8) is 0 Å². The Morgan fingerprint density at radius 2 is 2.08 bits per heavy atom. The van der Waals surface area contributed by atoms with Gasteiger partial charge in [0.15, 0.2) is 0 Å². The molecule has 0 spiro atoms. The first-order valence-electron chi connectivity index (χ1n) is 4.23. The molecule has 0 bridgehead atoms. The molecule has 5 heteroatoms. The van der Waals surface area contributed by atoms with Crippen LogP contribution in [-0.2, 0) is 9.53 Å². The van der Waals surface area contributed by atoms with Gasteiger partial charge in [-0.05, 0) is 6.42 Å². The summed E-state index contributed by atoms with van der Waals surface area (Å²) in [5.41, 5.74) is 4.86. The van der Waals surface area contributed by atoms with Crippen LogP contribution in [0.25, 0.3) is 0 Å². The van der Waals surface area contributed by atoms with Crippen LogP contribution < -0.4 is 5.73 Å². The van der Waals surface area contributed by atoms with Crippen molar-refractivity contribution in [1.82, 2.24) is 0 Å². The molecule has 2 unspecified atom stereocenters. The van der Waals surface area contributed by atoms with Gasteiger partial charge in [0.05, 0.1) is 5.92 Å². The second-order valence-electron chi connectivity index (χ2n) is 2.93. The molecular formula is C8H15F2NO2. The van der Waals surface area contributed by atoms with Crippen LogP contribution in [0, 0.1) is 5.92 Å². The van der Waals surface area contributed by atoms with Gasteiger partial charge in [-0.1, -0.05) is 20.3 Å². The topological polar surface area (TPSA) is 52.3 Å². The average molecular weight is 195 g/mol. The Morgan fingerprint density at radius 3 is 2.46 bits per heavy atom. The molecule has 0 aliphatic rings. The van der Waals surface area contributed by atoms with Crippen LogP contribution in [0.15, 0.2) is 0 Å². The van der Waals surface area contributed by atoms with E-state index in [1.165, 1.54) is 0 Å². The van der Waals surface area contributed by atoms with Gasteiger partial charge in [-0.15, -0.1) is 0 Å². The lowest BCUT2D eigenvalue weighted by atomic mass is 10.1. The lowest BCUT2D eigenvalue weighted by Crippen LogP contribution is -2.35. The third kappa shape index (κ3) is 4.77. The van der Waals surface area contributed by atoms with E-state index in [4.69, 9.17) is 5.73 Å². The molecule has 0 aromatic rings. The minimum Gasteiger partial charge on any atom is -0.440 e. The summed E-state index contributed by atoms with van der Waals surface area (Å²) in [6, 6.07) is 0. The quantitative estimate of drug-likeness (QED) is 0.534. The molecule has 0 amide bonds. The molecule has 0 aliphatic heterocycles. The zero-order chi connectivity index (χ0) is 10.4. The van der Waals surface area contributed by atoms with Crippen molar-refractivity contribution in [3.05, 3.63) is 0 Å². The molecule has 0 radical (unpaired) electrons. The number of hydrogen-bond donors (Lipinski definition) is 1. The van der Waals surface area contributed by atoms with Crippen molar-refractivity contribution in [2.45, 2.75) is 39.3 Å². The second-order valence-corrected chi connectivity index (χ2v) is 2.93. The molecule has 2 atom stereocenters. The van der Waals surface area contributed by atoms with E-state index < -0.39 is 18.6 Å². The van der Waals surface area contributed by atoms with Gasteiger partial charge in [-0.3, -0.25) is 10.5 Å².